The van der Waals surface area contributed by atoms with Gasteiger partial charge >= 0.3 is 0 Å². The summed E-state index contributed by atoms with van der Waals surface area (Å²) in [5, 5.41) is 0. The number of nitrogens with zero attached hydrogens (tertiary/aromatic N) is 2. The van der Waals surface area contributed by atoms with Crippen LogP contribution >= 0.6 is 0 Å². The summed E-state index contributed by atoms with van der Waals surface area (Å²) in [6, 6.07) is 3.77. The lowest BCUT2D eigenvalue weighted by molar-refractivity contribution is -0.0159. The Morgan fingerprint density at radius 2 is 2.44 bits per heavy atom. The van der Waals surface area contributed by atoms with Crippen LogP contribution in [0, 0.1) is 0 Å². The molecule has 1 saturated heterocycles. The summed E-state index contributed by atoms with van der Waals surface area (Å²) >= 11 is 0. The number of Topliss-reactive ketones (excluding diaryl/α,β-unsaturated/α-hetero) is 1. The van der Waals surface area contributed by atoms with Crippen molar-refractivity contribution in [3.63, 3.8) is 0 Å². The Hall–Kier alpha value is -1.13. The van der Waals surface area contributed by atoms with Gasteiger partial charge in [0, 0.05) is 26.3 Å². The number of hydrogen-bond acceptors (Lipinski definition) is 3. The molecule has 1 aliphatic heterocycles. The van der Waals surface area contributed by atoms with Crippen molar-refractivity contribution < 1.29 is 9.53 Å². The van der Waals surface area contributed by atoms with Crippen LogP contribution in [0.25, 0.3) is 0 Å². The fourth-order valence-electron chi connectivity index (χ4n) is 2.07. The van der Waals surface area contributed by atoms with E-state index in [0.29, 0.717) is 6.54 Å². The fraction of sp³-hybridized carbons (Fsp3) is 0.583. The van der Waals surface area contributed by atoms with Gasteiger partial charge in [-0.15, -0.1) is 0 Å². The number of aromatic nitrogens is 1. The summed E-state index contributed by atoms with van der Waals surface area (Å²) in [6.07, 6.45) is 2.13. The molecule has 0 saturated carbocycles. The van der Waals surface area contributed by atoms with Crippen LogP contribution in [0.5, 0.6) is 0 Å². The van der Waals surface area contributed by atoms with E-state index in [-0.39, 0.29) is 11.9 Å². The number of carbonyl (C=O) groups excluding carboxylic acids is 1. The topological polar surface area (TPSA) is 34.5 Å². The monoisotopic (exact) mass is 222 g/mol. The Bertz CT molecular complexity index is 373. The van der Waals surface area contributed by atoms with Gasteiger partial charge in [0.2, 0.25) is 0 Å². The van der Waals surface area contributed by atoms with E-state index >= 15 is 0 Å². The Morgan fingerprint density at radius 3 is 3.06 bits per heavy atom. The van der Waals surface area contributed by atoms with E-state index in [1.807, 2.05) is 36.9 Å². The van der Waals surface area contributed by atoms with Crippen LogP contribution in [-0.4, -0.2) is 47.6 Å². The molecule has 0 spiro atoms. The summed E-state index contributed by atoms with van der Waals surface area (Å²) in [5.74, 6) is 0.182. The lowest BCUT2D eigenvalue weighted by Gasteiger charge is -2.30. The summed E-state index contributed by atoms with van der Waals surface area (Å²) in [4.78, 5) is 14.2. The molecule has 0 aliphatic carbocycles. The molecule has 16 heavy (non-hydrogen) atoms. The molecule has 1 unspecified atom stereocenters. The van der Waals surface area contributed by atoms with E-state index in [2.05, 4.69) is 4.90 Å². The molecule has 0 radical (unpaired) electrons. The first-order chi connectivity index (χ1) is 7.66. The molecule has 1 aromatic heterocycles. The highest BCUT2D eigenvalue weighted by Gasteiger charge is 2.20. The molecule has 4 nitrogen and oxygen atoms in total. The number of hydrogen-bond donors (Lipinski definition) is 0. The zero-order chi connectivity index (χ0) is 11.5. The summed E-state index contributed by atoms with van der Waals surface area (Å²) < 4.78 is 7.31. The Labute approximate surface area is 95.8 Å². The van der Waals surface area contributed by atoms with Crippen molar-refractivity contribution in [1.82, 2.24) is 9.47 Å². The maximum absolute atomic E-state index is 12.0. The predicted octanol–water partition coefficient (Wildman–Crippen LogP) is 0.929. The number of ketones is 1. The molecular weight excluding hydrogens is 204 g/mol. The van der Waals surface area contributed by atoms with E-state index < -0.39 is 0 Å². The molecule has 0 N–H and O–H groups in total. The molecule has 0 bridgehead atoms. The lowest BCUT2D eigenvalue weighted by Crippen LogP contribution is -2.43. The maximum Gasteiger partial charge on any atom is 0.193 e. The molecule has 0 amide bonds. The molecule has 0 aromatic carbocycles. The number of carbonyl (C=O) groups is 1. The first-order valence-electron chi connectivity index (χ1n) is 5.65. The van der Waals surface area contributed by atoms with Crippen LogP contribution in [0.4, 0.5) is 0 Å². The van der Waals surface area contributed by atoms with Crippen LogP contribution in [-0.2, 0) is 11.8 Å². The van der Waals surface area contributed by atoms with Crippen LogP contribution in [0.2, 0.25) is 0 Å². The molecular formula is C12H18N2O2. The van der Waals surface area contributed by atoms with Crippen molar-refractivity contribution >= 4 is 5.78 Å². The van der Waals surface area contributed by atoms with Gasteiger partial charge in [-0.05, 0) is 19.1 Å². The van der Waals surface area contributed by atoms with Crippen molar-refractivity contribution in [3.05, 3.63) is 24.0 Å². The molecule has 2 heterocycles. The largest absolute Gasteiger partial charge is 0.376 e. The summed E-state index contributed by atoms with van der Waals surface area (Å²) in [6.45, 7) is 4.95. The third-order valence-electron chi connectivity index (χ3n) is 2.92. The minimum Gasteiger partial charge on any atom is -0.376 e. The Balaban J connectivity index is 1.95. The SMILES string of the molecule is CC1CN(CC(=O)c2cccn2C)CCO1. The average molecular weight is 222 g/mol. The quantitative estimate of drug-likeness (QED) is 0.713. The molecule has 1 fully saturated rings. The number of aryl methyl sites for hydroxylation is 1. The predicted molar refractivity (Wildman–Crippen MR) is 61.6 cm³/mol. The van der Waals surface area contributed by atoms with Gasteiger partial charge in [0.05, 0.1) is 24.9 Å². The lowest BCUT2D eigenvalue weighted by atomic mass is 10.2. The second kappa shape index (κ2) is 4.80. The molecule has 1 aliphatic rings. The Morgan fingerprint density at radius 1 is 1.62 bits per heavy atom. The second-order valence-corrected chi connectivity index (χ2v) is 4.34. The standard InChI is InChI=1S/C12H18N2O2/c1-10-8-14(6-7-16-10)9-12(15)11-4-3-5-13(11)2/h3-5,10H,6-9H2,1-2H3. The van der Waals surface area contributed by atoms with E-state index in [0.717, 1.165) is 25.4 Å². The van der Waals surface area contributed by atoms with E-state index in [9.17, 15) is 4.79 Å². The summed E-state index contributed by atoms with van der Waals surface area (Å²) in [5.41, 5.74) is 0.777. The fourth-order valence-corrected chi connectivity index (χ4v) is 2.07. The van der Waals surface area contributed by atoms with Gasteiger partial charge in [-0.25, -0.2) is 0 Å². The van der Waals surface area contributed by atoms with Gasteiger partial charge in [-0.3, -0.25) is 9.69 Å². The highest BCUT2D eigenvalue weighted by atomic mass is 16.5. The first kappa shape index (κ1) is 11.4. The number of rotatable bonds is 3. The molecule has 1 atom stereocenters. The minimum absolute atomic E-state index is 0.182. The zero-order valence-corrected chi connectivity index (χ0v) is 9.85. The van der Waals surface area contributed by atoms with Crippen molar-refractivity contribution in [2.75, 3.05) is 26.2 Å². The van der Waals surface area contributed by atoms with Crippen molar-refractivity contribution in [3.8, 4) is 0 Å². The highest BCUT2D eigenvalue weighted by Crippen LogP contribution is 2.07. The summed E-state index contributed by atoms with van der Waals surface area (Å²) in [7, 11) is 1.90. The second-order valence-electron chi connectivity index (χ2n) is 4.34. The van der Waals surface area contributed by atoms with Gasteiger partial charge in [0.25, 0.3) is 0 Å². The molecule has 2 rings (SSSR count). The maximum atomic E-state index is 12.0. The zero-order valence-electron chi connectivity index (χ0n) is 9.85. The van der Waals surface area contributed by atoms with Crippen LogP contribution in [0.1, 0.15) is 17.4 Å². The molecule has 1 aromatic rings. The van der Waals surface area contributed by atoms with Gasteiger partial charge in [0.15, 0.2) is 5.78 Å². The molecule has 4 heteroatoms. The van der Waals surface area contributed by atoms with Gasteiger partial charge < -0.3 is 9.30 Å². The van der Waals surface area contributed by atoms with Gasteiger partial charge in [0.1, 0.15) is 0 Å². The number of ether oxygens (including phenoxy) is 1. The van der Waals surface area contributed by atoms with Crippen LogP contribution in [0.15, 0.2) is 18.3 Å². The average Bonchev–Trinajstić information content (AvgIpc) is 2.64. The van der Waals surface area contributed by atoms with Gasteiger partial charge in [-0.1, -0.05) is 0 Å². The van der Waals surface area contributed by atoms with E-state index in [1.54, 1.807) is 0 Å². The van der Waals surface area contributed by atoms with E-state index in [1.165, 1.54) is 0 Å². The number of morpholine rings is 1. The third-order valence-corrected chi connectivity index (χ3v) is 2.92. The normalized spacial score (nSPS) is 22.2. The highest BCUT2D eigenvalue weighted by molar-refractivity contribution is 5.96. The van der Waals surface area contributed by atoms with E-state index in [4.69, 9.17) is 4.74 Å². The third kappa shape index (κ3) is 2.51. The van der Waals surface area contributed by atoms with Crippen LogP contribution < -0.4 is 0 Å². The van der Waals surface area contributed by atoms with Crippen molar-refractivity contribution in [1.29, 1.82) is 0 Å². The van der Waals surface area contributed by atoms with Gasteiger partial charge in [-0.2, -0.15) is 0 Å². The first-order valence-corrected chi connectivity index (χ1v) is 5.65. The van der Waals surface area contributed by atoms with Crippen molar-refractivity contribution in [2.24, 2.45) is 7.05 Å². The van der Waals surface area contributed by atoms with Crippen molar-refractivity contribution in [2.45, 2.75) is 13.0 Å². The minimum atomic E-state index is 0.182. The Kier molecular flexibility index (Phi) is 3.41. The molecule has 88 valence electrons. The van der Waals surface area contributed by atoms with Crippen LogP contribution in [0.3, 0.4) is 0 Å². The smallest absolute Gasteiger partial charge is 0.193 e.